The molecule has 29 heavy (non-hydrogen) atoms. The molecular weight excluding hydrogens is 416 g/mol. The third-order valence-electron chi connectivity index (χ3n) is 5.47. The molecule has 0 saturated carbocycles. The smallest absolute Gasteiger partial charge is 0.335 e. The van der Waals surface area contributed by atoms with E-state index in [0.29, 0.717) is 36.1 Å². The van der Waals surface area contributed by atoms with E-state index in [1.807, 2.05) is 0 Å². The Kier molecular flexibility index (Phi) is 4.67. The molecule has 0 amide bonds. The standard InChI is InChI=1S/C19H20N2O6S2/c20-28(24,25)15-5-6-17-13(10-15)7-8-21(17)29(26,27)18-11-14(19(22)23)9-12-3-1-2-4-16(12)18/h5-6,9-11H,1-4,7-8H2,(H,22,23)(H2,20,24,25). The summed E-state index contributed by atoms with van der Waals surface area (Å²) >= 11 is 0. The first-order chi connectivity index (χ1) is 13.6. The van der Waals surface area contributed by atoms with Crippen LogP contribution in [0.4, 0.5) is 5.69 Å². The highest BCUT2D eigenvalue weighted by atomic mass is 32.2. The SMILES string of the molecule is NS(=O)(=O)c1ccc2c(c1)CCN2S(=O)(=O)c1cc(C(=O)O)cc2c1CCCC2. The first kappa shape index (κ1) is 19.9. The molecule has 0 bridgehead atoms. The van der Waals surface area contributed by atoms with Gasteiger partial charge in [-0.05, 0) is 79.1 Å². The monoisotopic (exact) mass is 436 g/mol. The fourth-order valence-corrected chi connectivity index (χ4v) is 6.46. The van der Waals surface area contributed by atoms with Crippen molar-refractivity contribution >= 4 is 31.7 Å². The minimum Gasteiger partial charge on any atom is -0.478 e. The summed E-state index contributed by atoms with van der Waals surface area (Å²) < 4.78 is 51.4. The molecule has 4 rings (SSSR count). The van der Waals surface area contributed by atoms with Crippen LogP contribution in [-0.2, 0) is 39.3 Å². The third kappa shape index (κ3) is 3.41. The van der Waals surface area contributed by atoms with E-state index in [2.05, 4.69) is 0 Å². The molecule has 0 aromatic heterocycles. The van der Waals surface area contributed by atoms with Crippen molar-refractivity contribution in [1.29, 1.82) is 0 Å². The van der Waals surface area contributed by atoms with Crippen LogP contribution in [0.25, 0.3) is 0 Å². The van der Waals surface area contributed by atoms with Crippen LogP contribution in [0.3, 0.4) is 0 Å². The van der Waals surface area contributed by atoms with Crippen molar-refractivity contribution in [3.8, 4) is 0 Å². The molecular formula is C19H20N2O6S2. The lowest BCUT2D eigenvalue weighted by molar-refractivity contribution is 0.0696. The molecule has 0 unspecified atom stereocenters. The van der Waals surface area contributed by atoms with Crippen molar-refractivity contribution in [2.24, 2.45) is 5.14 Å². The number of nitrogens with zero attached hydrogens (tertiary/aromatic N) is 1. The number of hydrogen-bond donors (Lipinski definition) is 2. The zero-order chi connectivity index (χ0) is 21.0. The van der Waals surface area contributed by atoms with Crippen molar-refractivity contribution in [3.63, 3.8) is 0 Å². The lowest BCUT2D eigenvalue weighted by Crippen LogP contribution is -2.31. The van der Waals surface area contributed by atoms with E-state index >= 15 is 0 Å². The molecule has 0 spiro atoms. The molecule has 1 aliphatic heterocycles. The van der Waals surface area contributed by atoms with Crippen LogP contribution in [0.1, 0.15) is 39.9 Å². The quantitative estimate of drug-likeness (QED) is 0.748. The Morgan fingerprint density at radius 2 is 1.69 bits per heavy atom. The first-order valence-electron chi connectivity index (χ1n) is 9.16. The zero-order valence-electron chi connectivity index (χ0n) is 15.5. The van der Waals surface area contributed by atoms with Gasteiger partial charge in [0.25, 0.3) is 10.0 Å². The summed E-state index contributed by atoms with van der Waals surface area (Å²) in [6.45, 7) is 0.151. The van der Waals surface area contributed by atoms with Gasteiger partial charge in [0.1, 0.15) is 0 Å². The minimum absolute atomic E-state index is 0.0236. The van der Waals surface area contributed by atoms with Crippen LogP contribution in [-0.4, -0.2) is 34.5 Å². The second kappa shape index (κ2) is 6.82. The Bertz CT molecular complexity index is 1240. The summed E-state index contributed by atoms with van der Waals surface area (Å²) in [4.78, 5) is 11.5. The summed E-state index contributed by atoms with van der Waals surface area (Å²) in [5, 5.41) is 14.6. The van der Waals surface area contributed by atoms with Crippen molar-refractivity contribution in [1.82, 2.24) is 0 Å². The van der Waals surface area contributed by atoms with E-state index in [0.717, 1.165) is 18.4 Å². The van der Waals surface area contributed by atoms with Crippen LogP contribution in [0.2, 0.25) is 0 Å². The molecule has 0 saturated heterocycles. The largest absolute Gasteiger partial charge is 0.478 e. The van der Waals surface area contributed by atoms with Gasteiger partial charge < -0.3 is 5.11 Å². The Morgan fingerprint density at radius 3 is 2.38 bits per heavy atom. The molecule has 10 heteroatoms. The van der Waals surface area contributed by atoms with Gasteiger partial charge >= 0.3 is 5.97 Å². The Labute approximate surface area is 169 Å². The fraction of sp³-hybridized carbons (Fsp3) is 0.316. The number of carboxylic acids is 1. The van der Waals surface area contributed by atoms with E-state index in [1.165, 1.54) is 28.6 Å². The number of nitrogens with two attached hydrogens (primary N) is 1. The molecule has 0 fully saturated rings. The molecule has 3 N–H and O–H groups in total. The molecule has 1 heterocycles. The van der Waals surface area contributed by atoms with E-state index in [-0.39, 0.29) is 21.9 Å². The van der Waals surface area contributed by atoms with Gasteiger partial charge in [0, 0.05) is 6.54 Å². The predicted octanol–water partition coefficient (Wildman–Crippen LogP) is 1.66. The van der Waals surface area contributed by atoms with Crippen LogP contribution in [0.15, 0.2) is 40.1 Å². The van der Waals surface area contributed by atoms with Gasteiger partial charge in [0.05, 0.1) is 21.0 Å². The summed E-state index contributed by atoms with van der Waals surface area (Å²) in [5.41, 5.74) is 2.36. The maximum Gasteiger partial charge on any atom is 0.335 e. The minimum atomic E-state index is -4.01. The molecule has 0 atom stereocenters. The van der Waals surface area contributed by atoms with Crippen LogP contribution < -0.4 is 9.44 Å². The summed E-state index contributed by atoms with van der Waals surface area (Å²) in [6, 6.07) is 6.91. The molecule has 1 aliphatic carbocycles. The van der Waals surface area contributed by atoms with Gasteiger partial charge in [0.15, 0.2) is 0 Å². The summed E-state index contributed by atoms with van der Waals surface area (Å²) in [5.74, 6) is -1.17. The van der Waals surface area contributed by atoms with Gasteiger partial charge in [-0.25, -0.2) is 26.8 Å². The lowest BCUT2D eigenvalue weighted by Gasteiger charge is -2.25. The number of rotatable bonds is 4. The molecule has 8 nitrogen and oxygen atoms in total. The first-order valence-corrected chi connectivity index (χ1v) is 12.2. The molecule has 2 aromatic rings. The van der Waals surface area contributed by atoms with Gasteiger partial charge in [-0.15, -0.1) is 0 Å². The number of carbonyl (C=O) groups is 1. The highest BCUT2D eigenvalue weighted by Crippen LogP contribution is 2.37. The number of aromatic carboxylic acids is 1. The Morgan fingerprint density at radius 1 is 0.966 bits per heavy atom. The van der Waals surface area contributed by atoms with E-state index < -0.39 is 26.0 Å². The normalized spacial score (nSPS) is 16.4. The topological polar surface area (TPSA) is 135 Å². The highest BCUT2D eigenvalue weighted by Gasteiger charge is 2.34. The third-order valence-corrected chi connectivity index (χ3v) is 8.26. The van der Waals surface area contributed by atoms with E-state index in [4.69, 9.17) is 5.14 Å². The number of fused-ring (bicyclic) bond motifs is 2. The number of hydrogen-bond acceptors (Lipinski definition) is 5. The maximum atomic E-state index is 13.5. The van der Waals surface area contributed by atoms with Gasteiger partial charge in [-0.2, -0.15) is 0 Å². The van der Waals surface area contributed by atoms with Crippen molar-refractivity contribution in [3.05, 3.63) is 52.6 Å². The number of anilines is 1. The Balaban J connectivity index is 1.84. The highest BCUT2D eigenvalue weighted by molar-refractivity contribution is 7.93. The molecule has 154 valence electrons. The molecule has 0 radical (unpaired) electrons. The lowest BCUT2D eigenvalue weighted by atomic mass is 9.90. The second-order valence-corrected chi connectivity index (χ2v) is 10.7. The van der Waals surface area contributed by atoms with Crippen molar-refractivity contribution in [2.45, 2.75) is 41.9 Å². The fourth-order valence-electron chi connectivity index (χ4n) is 4.07. The number of aryl methyl sites for hydroxylation is 1. The summed E-state index contributed by atoms with van der Waals surface area (Å²) in [6.07, 6.45) is 3.30. The maximum absolute atomic E-state index is 13.5. The number of primary sulfonamides is 1. The summed E-state index contributed by atoms with van der Waals surface area (Å²) in [7, 11) is -7.90. The Hall–Kier alpha value is -2.43. The molecule has 2 aromatic carbocycles. The van der Waals surface area contributed by atoms with Crippen molar-refractivity contribution in [2.75, 3.05) is 10.8 Å². The second-order valence-electron chi connectivity index (χ2n) is 7.29. The van der Waals surface area contributed by atoms with Gasteiger partial charge in [0.2, 0.25) is 10.0 Å². The van der Waals surface area contributed by atoms with Gasteiger partial charge in [-0.1, -0.05) is 0 Å². The van der Waals surface area contributed by atoms with Crippen LogP contribution in [0.5, 0.6) is 0 Å². The molecule has 2 aliphatic rings. The van der Waals surface area contributed by atoms with Gasteiger partial charge in [-0.3, -0.25) is 4.31 Å². The average molecular weight is 437 g/mol. The van der Waals surface area contributed by atoms with E-state index in [1.54, 1.807) is 6.07 Å². The number of carboxylic acid groups (broad SMARTS) is 1. The number of sulfonamides is 2. The van der Waals surface area contributed by atoms with Crippen LogP contribution in [0, 0.1) is 0 Å². The predicted molar refractivity (Wildman–Crippen MR) is 106 cm³/mol. The number of benzene rings is 2. The van der Waals surface area contributed by atoms with E-state index in [9.17, 15) is 26.7 Å². The average Bonchev–Trinajstić information content (AvgIpc) is 3.10. The zero-order valence-corrected chi connectivity index (χ0v) is 17.1. The van der Waals surface area contributed by atoms with Crippen LogP contribution >= 0.6 is 0 Å². The van der Waals surface area contributed by atoms with Crippen molar-refractivity contribution < 1.29 is 26.7 Å².